The number of hydrogen-bond donors (Lipinski definition) is 0. The Morgan fingerprint density at radius 1 is 1.50 bits per heavy atom. The Morgan fingerprint density at radius 3 is 2.56 bits per heavy atom. The van der Waals surface area contributed by atoms with Gasteiger partial charge in [-0.2, -0.15) is 0 Å². The van der Waals surface area contributed by atoms with E-state index in [1.54, 1.807) is 0 Å². The summed E-state index contributed by atoms with van der Waals surface area (Å²) in [4.78, 5) is 23.0. The van der Waals surface area contributed by atoms with E-state index in [4.69, 9.17) is 4.74 Å². The molecule has 0 N–H and O–H groups in total. The number of carbonyl (C=O) groups is 2. The lowest BCUT2D eigenvalue weighted by Crippen LogP contribution is -2.14. The molecule has 1 aliphatic rings. The van der Waals surface area contributed by atoms with Crippen LogP contribution < -0.4 is 0 Å². The van der Waals surface area contributed by atoms with E-state index < -0.39 is 5.97 Å². The lowest BCUT2D eigenvalue weighted by Gasteiger charge is -2.10. The smallest absolute Gasteiger partial charge is 0.355 e. The molecule has 0 saturated heterocycles. The monoisotopic (exact) mass is 249 g/mol. The van der Waals surface area contributed by atoms with Crippen LogP contribution in [0, 0.1) is 25.7 Å². The predicted molar refractivity (Wildman–Crippen MR) is 67.9 cm³/mol. The standard InChI is InChI=1S/C14H19NO3/c1-8-5-11(8)6-15-10(3)9(2)12(7-16)13(15)14(17)18-4/h7-8,11H,5-6H2,1-4H3. The summed E-state index contributed by atoms with van der Waals surface area (Å²) >= 11 is 0. The van der Waals surface area contributed by atoms with Crippen molar-refractivity contribution in [1.82, 2.24) is 4.57 Å². The molecule has 1 aliphatic carbocycles. The van der Waals surface area contributed by atoms with Gasteiger partial charge in [-0.15, -0.1) is 0 Å². The first-order valence-electron chi connectivity index (χ1n) is 6.24. The van der Waals surface area contributed by atoms with Crippen LogP contribution in [-0.4, -0.2) is 23.9 Å². The molecule has 2 atom stereocenters. The van der Waals surface area contributed by atoms with Gasteiger partial charge >= 0.3 is 5.97 Å². The molecule has 1 saturated carbocycles. The van der Waals surface area contributed by atoms with Gasteiger partial charge in [0, 0.05) is 12.2 Å². The summed E-state index contributed by atoms with van der Waals surface area (Å²) in [5, 5.41) is 0. The van der Waals surface area contributed by atoms with Crippen molar-refractivity contribution in [2.75, 3.05) is 7.11 Å². The minimum Gasteiger partial charge on any atom is -0.464 e. The molecule has 0 spiro atoms. The number of aldehydes is 1. The third-order valence-electron chi connectivity index (χ3n) is 4.07. The number of ether oxygens (including phenoxy) is 1. The summed E-state index contributed by atoms with van der Waals surface area (Å²) in [5.41, 5.74) is 2.73. The van der Waals surface area contributed by atoms with Crippen LogP contribution >= 0.6 is 0 Å². The number of carbonyl (C=O) groups excluding carboxylic acids is 2. The third kappa shape index (κ3) is 1.96. The molecule has 1 aromatic rings. The van der Waals surface area contributed by atoms with Gasteiger partial charge in [-0.05, 0) is 37.7 Å². The SMILES string of the molecule is COC(=O)c1c(C=O)c(C)c(C)n1CC1CC1C. The first kappa shape index (κ1) is 12.9. The van der Waals surface area contributed by atoms with Crippen LogP contribution in [0.4, 0.5) is 0 Å². The van der Waals surface area contributed by atoms with Crippen molar-refractivity contribution in [3.05, 3.63) is 22.5 Å². The Labute approximate surface area is 107 Å². The minimum atomic E-state index is -0.429. The van der Waals surface area contributed by atoms with Gasteiger partial charge in [-0.25, -0.2) is 4.79 Å². The van der Waals surface area contributed by atoms with Crippen LogP contribution in [0.2, 0.25) is 0 Å². The third-order valence-corrected chi connectivity index (χ3v) is 4.07. The molecule has 1 fully saturated rings. The fourth-order valence-electron chi connectivity index (χ4n) is 2.47. The minimum absolute atomic E-state index is 0.404. The molecule has 0 amide bonds. The largest absolute Gasteiger partial charge is 0.464 e. The number of methoxy groups -OCH3 is 1. The summed E-state index contributed by atoms with van der Waals surface area (Å²) in [6.07, 6.45) is 1.94. The van der Waals surface area contributed by atoms with Gasteiger partial charge in [0.1, 0.15) is 5.69 Å². The highest BCUT2D eigenvalue weighted by atomic mass is 16.5. The molecule has 2 unspecified atom stereocenters. The molecule has 0 aromatic carbocycles. The van der Waals surface area contributed by atoms with Crippen molar-refractivity contribution in [3.63, 3.8) is 0 Å². The lowest BCUT2D eigenvalue weighted by atomic mass is 10.1. The zero-order chi connectivity index (χ0) is 13.4. The van der Waals surface area contributed by atoms with Crippen molar-refractivity contribution in [1.29, 1.82) is 0 Å². The number of hydrogen-bond acceptors (Lipinski definition) is 3. The van der Waals surface area contributed by atoms with E-state index in [0.29, 0.717) is 23.1 Å². The quantitative estimate of drug-likeness (QED) is 0.608. The number of rotatable bonds is 4. The molecule has 4 heteroatoms. The molecule has 0 radical (unpaired) electrons. The number of esters is 1. The second-order valence-corrected chi connectivity index (χ2v) is 5.17. The normalized spacial score (nSPS) is 21.8. The van der Waals surface area contributed by atoms with Gasteiger partial charge in [0.2, 0.25) is 0 Å². The van der Waals surface area contributed by atoms with Crippen LogP contribution in [0.25, 0.3) is 0 Å². The van der Waals surface area contributed by atoms with Crippen molar-refractivity contribution < 1.29 is 14.3 Å². The number of aromatic nitrogens is 1. The van der Waals surface area contributed by atoms with E-state index in [9.17, 15) is 9.59 Å². The molecular weight excluding hydrogens is 230 g/mol. The van der Waals surface area contributed by atoms with Crippen molar-refractivity contribution in [3.8, 4) is 0 Å². The Morgan fingerprint density at radius 2 is 2.11 bits per heavy atom. The number of nitrogens with zero attached hydrogens (tertiary/aromatic N) is 1. The summed E-state index contributed by atoms with van der Waals surface area (Å²) in [7, 11) is 1.35. The summed E-state index contributed by atoms with van der Waals surface area (Å²) in [5.74, 6) is 0.886. The zero-order valence-electron chi connectivity index (χ0n) is 11.3. The Balaban J connectivity index is 2.47. The second-order valence-electron chi connectivity index (χ2n) is 5.17. The first-order valence-corrected chi connectivity index (χ1v) is 6.24. The van der Waals surface area contributed by atoms with Gasteiger partial charge in [0.25, 0.3) is 0 Å². The van der Waals surface area contributed by atoms with E-state index in [1.807, 2.05) is 18.4 Å². The van der Waals surface area contributed by atoms with Crippen molar-refractivity contribution >= 4 is 12.3 Å². The molecule has 1 aromatic heterocycles. The molecule has 18 heavy (non-hydrogen) atoms. The molecule has 0 aliphatic heterocycles. The Hall–Kier alpha value is -1.58. The first-order chi connectivity index (χ1) is 8.51. The molecule has 0 bridgehead atoms. The zero-order valence-corrected chi connectivity index (χ0v) is 11.3. The van der Waals surface area contributed by atoms with E-state index >= 15 is 0 Å². The van der Waals surface area contributed by atoms with Gasteiger partial charge in [-0.1, -0.05) is 6.92 Å². The molecular formula is C14H19NO3. The molecule has 1 heterocycles. The highest BCUT2D eigenvalue weighted by Gasteiger charge is 2.35. The maximum absolute atomic E-state index is 11.9. The molecule has 2 rings (SSSR count). The molecule has 98 valence electrons. The van der Waals surface area contributed by atoms with Gasteiger partial charge in [-0.3, -0.25) is 4.79 Å². The van der Waals surface area contributed by atoms with E-state index in [-0.39, 0.29) is 0 Å². The lowest BCUT2D eigenvalue weighted by molar-refractivity contribution is 0.0585. The molecule has 4 nitrogen and oxygen atoms in total. The topological polar surface area (TPSA) is 48.3 Å². The fourth-order valence-corrected chi connectivity index (χ4v) is 2.47. The maximum Gasteiger partial charge on any atom is 0.355 e. The average molecular weight is 249 g/mol. The van der Waals surface area contributed by atoms with Gasteiger partial charge in [0.05, 0.1) is 12.7 Å². The van der Waals surface area contributed by atoms with Crippen LogP contribution in [-0.2, 0) is 11.3 Å². The Bertz CT molecular complexity index is 502. The van der Waals surface area contributed by atoms with Gasteiger partial charge < -0.3 is 9.30 Å². The van der Waals surface area contributed by atoms with Crippen LogP contribution in [0.1, 0.15) is 45.4 Å². The predicted octanol–water partition coefficient (Wildman–Crippen LogP) is 2.36. The average Bonchev–Trinajstić information content (AvgIpc) is 3.00. The summed E-state index contributed by atoms with van der Waals surface area (Å²) in [6, 6.07) is 0. The highest BCUT2D eigenvalue weighted by Crippen LogP contribution is 2.40. The van der Waals surface area contributed by atoms with Crippen LogP contribution in [0.15, 0.2) is 0 Å². The van der Waals surface area contributed by atoms with Gasteiger partial charge in [0.15, 0.2) is 6.29 Å². The Kier molecular flexibility index (Phi) is 3.28. The van der Waals surface area contributed by atoms with Crippen LogP contribution in [0.3, 0.4) is 0 Å². The fraction of sp³-hybridized carbons (Fsp3) is 0.571. The van der Waals surface area contributed by atoms with E-state index in [2.05, 4.69) is 6.92 Å². The van der Waals surface area contributed by atoms with Crippen molar-refractivity contribution in [2.24, 2.45) is 11.8 Å². The van der Waals surface area contributed by atoms with Crippen molar-refractivity contribution in [2.45, 2.75) is 33.7 Å². The van der Waals surface area contributed by atoms with E-state index in [1.165, 1.54) is 13.5 Å². The second kappa shape index (κ2) is 4.59. The summed E-state index contributed by atoms with van der Waals surface area (Å²) < 4.78 is 6.74. The summed E-state index contributed by atoms with van der Waals surface area (Å²) in [6.45, 7) is 6.82. The highest BCUT2D eigenvalue weighted by molar-refractivity contribution is 5.98. The maximum atomic E-state index is 11.9. The van der Waals surface area contributed by atoms with E-state index in [0.717, 1.165) is 24.1 Å². The van der Waals surface area contributed by atoms with Crippen LogP contribution in [0.5, 0.6) is 0 Å².